The summed E-state index contributed by atoms with van der Waals surface area (Å²) in [4.78, 5) is 12.1. The lowest BCUT2D eigenvalue weighted by atomic mass is 10.1. The van der Waals surface area contributed by atoms with Gasteiger partial charge in [-0.15, -0.1) is 0 Å². The predicted octanol–water partition coefficient (Wildman–Crippen LogP) is 1.33. The lowest BCUT2D eigenvalue weighted by molar-refractivity contribution is -0.128. The van der Waals surface area contributed by atoms with Crippen LogP contribution in [-0.2, 0) is 4.79 Å². The minimum atomic E-state index is -0.509. The number of hydrogen-bond acceptors (Lipinski definition) is 4. The molecule has 1 aliphatic heterocycles. The lowest BCUT2D eigenvalue weighted by Crippen LogP contribution is -2.49. The number of carbonyl (C=O) groups is 1. The van der Waals surface area contributed by atoms with Gasteiger partial charge in [0, 0.05) is 12.6 Å². The van der Waals surface area contributed by atoms with Crippen molar-refractivity contribution in [2.45, 2.75) is 31.9 Å². The third-order valence-corrected chi connectivity index (χ3v) is 3.38. The van der Waals surface area contributed by atoms with E-state index in [1.165, 1.54) is 0 Å². The van der Waals surface area contributed by atoms with Crippen LogP contribution in [0.4, 0.5) is 0 Å². The number of piperidine rings is 1. The molecular weight excluding hydrogens is 256 g/mol. The number of ether oxygens (including phenoxy) is 2. The SMILES string of the molecule is COc1ccc(OC(C)C(=O)NC2CCCNC2)cc1. The molecule has 1 aliphatic rings. The molecule has 0 aliphatic carbocycles. The Morgan fingerprint density at radius 2 is 2.05 bits per heavy atom. The highest BCUT2D eigenvalue weighted by molar-refractivity contribution is 5.81. The van der Waals surface area contributed by atoms with Crippen LogP contribution in [0.3, 0.4) is 0 Å². The van der Waals surface area contributed by atoms with Crippen molar-refractivity contribution in [1.29, 1.82) is 0 Å². The van der Waals surface area contributed by atoms with Crippen molar-refractivity contribution in [3.63, 3.8) is 0 Å². The van der Waals surface area contributed by atoms with Crippen LogP contribution in [0.25, 0.3) is 0 Å². The van der Waals surface area contributed by atoms with E-state index in [1.807, 2.05) is 12.1 Å². The van der Waals surface area contributed by atoms with Crippen molar-refractivity contribution < 1.29 is 14.3 Å². The quantitative estimate of drug-likeness (QED) is 0.853. The summed E-state index contributed by atoms with van der Waals surface area (Å²) in [5.41, 5.74) is 0. The highest BCUT2D eigenvalue weighted by Gasteiger charge is 2.20. The van der Waals surface area contributed by atoms with Gasteiger partial charge in [0.2, 0.25) is 0 Å². The molecule has 1 aromatic carbocycles. The van der Waals surface area contributed by atoms with Crippen LogP contribution in [0.5, 0.6) is 11.5 Å². The fraction of sp³-hybridized carbons (Fsp3) is 0.533. The Balaban J connectivity index is 1.83. The summed E-state index contributed by atoms with van der Waals surface area (Å²) in [5.74, 6) is 1.35. The number of amides is 1. The van der Waals surface area contributed by atoms with Gasteiger partial charge in [-0.25, -0.2) is 0 Å². The van der Waals surface area contributed by atoms with Gasteiger partial charge in [-0.05, 0) is 50.6 Å². The zero-order valence-electron chi connectivity index (χ0n) is 12.0. The van der Waals surface area contributed by atoms with E-state index in [4.69, 9.17) is 9.47 Å². The molecule has 0 bridgehead atoms. The molecule has 1 fully saturated rings. The van der Waals surface area contributed by atoms with Crippen LogP contribution in [0, 0.1) is 0 Å². The van der Waals surface area contributed by atoms with Gasteiger partial charge < -0.3 is 20.1 Å². The van der Waals surface area contributed by atoms with E-state index >= 15 is 0 Å². The summed E-state index contributed by atoms with van der Waals surface area (Å²) in [6, 6.07) is 7.42. The lowest BCUT2D eigenvalue weighted by Gasteiger charge is -2.25. The van der Waals surface area contributed by atoms with Crippen molar-refractivity contribution in [3.8, 4) is 11.5 Å². The Kier molecular flexibility index (Phi) is 5.24. The van der Waals surface area contributed by atoms with E-state index in [9.17, 15) is 4.79 Å². The van der Waals surface area contributed by atoms with Crippen molar-refractivity contribution in [3.05, 3.63) is 24.3 Å². The van der Waals surface area contributed by atoms with Gasteiger partial charge in [0.15, 0.2) is 6.10 Å². The van der Waals surface area contributed by atoms with E-state index in [0.717, 1.165) is 31.7 Å². The Labute approximate surface area is 119 Å². The minimum absolute atomic E-state index is 0.0745. The summed E-state index contributed by atoms with van der Waals surface area (Å²) in [6.07, 6.45) is 1.61. The zero-order chi connectivity index (χ0) is 14.4. The fourth-order valence-corrected chi connectivity index (χ4v) is 2.21. The number of hydrogen-bond donors (Lipinski definition) is 2. The molecule has 20 heavy (non-hydrogen) atoms. The topological polar surface area (TPSA) is 59.6 Å². The first-order valence-corrected chi connectivity index (χ1v) is 7.01. The largest absolute Gasteiger partial charge is 0.497 e. The molecule has 5 nitrogen and oxygen atoms in total. The second-order valence-electron chi connectivity index (χ2n) is 4.99. The summed E-state index contributed by atoms with van der Waals surface area (Å²) < 4.78 is 10.7. The molecule has 2 unspecified atom stereocenters. The molecule has 0 aromatic heterocycles. The van der Waals surface area contributed by atoms with E-state index in [1.54, 1.807) is 26.2 Å². The number of nitrogens with one attached hydrogen (secondary N) is 2. The molecule has 1 heterocycles. The van der Waals surface area contributed by atoms with E-state index in [2.05, 4.69) is 10.6 Å². The summed E-state index contributed by atoms with van der Waals surface area (Å²) in [7, 11) is 1.62. The second kappa shape index (κ2) is 7.14. The van der Waals surface area contributed by atoms with Gasteiger partial charge in [-0.1, -0.05) is 0 Å². The number of benzene rings is 1. The van der Waals surface area contributed by atoms with Gasteiger partial charge >= 0.3 is 0 Å². The van der Waals surface area contributed by atoms with E-state index in [0.29, 0.717) is 5.75 Å². The molecule has 2 rings (SSSR count). The maximum Gasteiger partial charge on any atom is 0.261 e. The number of carbonyl (C=O) groups excluding carboxylic acids is 1. The standard InChI is InChI=1S/C15H22N2O3/c1-11(15(18)17-12-4-3-9-16-10-12)20-14-7-5-13(19-2)6-8-14/h5-8,11-12,16H,3-4,9-10H2,1-2H3,(H,17,18). The first-order valence-electron chi connectivity index (χ1n) is 7.01. The maximum absolute atomic E-state index is 12.1. The Hall–Kier alpha value is -1.75. The molecule has 1 amide bonds. The van der Waals surface area contributed by atoms with Gasteiger partial charge in [0.25, 0.3) is 5.91 Å². The van der Waals surface area contributed by atoms with Crippen molar-refractivity contribution >= 4 is 5.91 Å². The van der Waals surface area contributed by atoms with Crippen molar-refractivity contribution in [2.75, 3.05) is 20.2 Å². The maximum atomic E-state index is 12.1. The zero-order valence-corrected chi connectivity index (χ0v) is 12.0. The predicted molar refractivity (Wildman–Crippen MR) is 77.1 cm³/mol. The van der Waals surface area contributed by atoms with Crippen LogP contribution in [0.1, 0.15) is 19.8 Å². The van der Waals surface area contributed by atoms with Gasteiger partial charge in [0.05, 0.1) is 7.11 Å². The molecule has 0 saturated carbocycles. The van der Waals surface area contributed by atoms with Crippen molar-refractivity contribution in [1.82, 2.24) is 10.6 Å². The Morgan fingerprint density at radius 3 is 2.65 bits per heavy atom. The van der Waals surface area contributed by atoms with Gasteiger partial charge in [-0.2, -0.15) is 0 Å². The van der Waals surface area contributed by atoms with Crippen molar-refractivity contribution in [2.24, 2.45) is 0 Å². The highest BCUT2D eigenvalue weighted by atomic mass is 16.5. The highest BCUT2D eigenvalue weighted by Crippen LogP contribution is 2.18. The molecule has 2 atom stereocenters. The molecule has 0 radical (unpaired) electrons. The monoisotopic (exact) mass is 278 g/mol. The van der Waals surface area contributed by atoms with Crippen LogP contribution < -0.4 is 20.1 Å². The third kappa shape index (κ3) is 4.13. The van der Waals surface area contributed by atoms with Crippen LogP contribution in [0.2, 0.25) is 0 Å². The average molecular weight is 278 g/mol. The van der Waals surface area contributed by atoms with Crippen LogP contribution in [0.15, 0.2) is 24.3 Å². The third-order valence-electron chi connectivity index (χ3n) is 3.38. The minimum Gasteiger partial charge on any atom is -0.497 e. The van der Waals surface area contributed by atoms with E-state index in [-0.39, 0.29) is 11.9 Å². The molecule has 0 spiro atoms. The molecule has 2 N–H and O–H groups in total. The Bertz CT molecular complexity index is 427. The average Bonchev–Trinajstić information content (AvgIpc) is 2.49. The molecule has 110 valence electrons. The first-order chi connectivity index (χ1) is 9.69. The summed E-state index contributed by atoms with van der Waals surface area (Å²) >= 11 is 0. The second-order valence-corrected chi connectivity index (χ2v) is 4.99. The van der Waals surface area contributed by atoms with Crippen LogP contribution >= 0.6 is 0 Å². The normalized spacial score (nSPS) is 20.0. The fourth-order valence-electron chi connectivity index (χ4n) is 2.21. The smallest absolute Gasteiger partial charge is 0.261 e. The van der Waals surface area contributed by atoms with Gasteiger partial charge in [-0.3, -0.25) is 4.79 Å². The molecule has 5 heteroatoms. The van der Waals surface area contributed by atoms with E-state index < -0.39 is 6.10 Å². The Morgan fingerprint density at radius 1 is 1.35 bits per heavy atom. The summed E-state index contributed by atoms with van der Waals surface area (Å²) in [6.45, 7) is 3.63. The number of methoxy groups -OCH3 is 1. The van der Waals surface area contributed by atoms with Crippen LogP contribution in [-0.4, -0.2) is 38.3 Å². The number of rotatable bonds is 5. The molecule has 1 aromatic rings. The summed E-state index contributed by atoms with van der Waals surface area (Å²) in [5, 5.41) is 6.28. The van der Waals surface area contributed by atoms with Gasteiger partial charge in [0.1, 0.15) is 11.5 Å². The molecular formula is C15H22N2O3. The molecule has 1 saturated heterocycles. The first kappa shape index (κ1) is 14.7.